The fourth-order valence-electron chi connectivity index (χ4n) is 4.43. The molecule has 1 aliphatic rings. The van der Waals surface area contributed by atoms with Gasteiger partial charge in [0, 0.05) is 16.8 Å². The van der Waals surface area contributed by atoms with Crippen LogP contribution in [0.2, 0.25) is 5.02 Å². The molecule has 1 amide bonds. The predicted octanol–water partition coefficient (Wildman–Crippen LogP) is 5.35. The van der Waals surface area contributed by atoms with E-state index in [2.05, 4.69) is 4.57 Å². The largest absolute Gasteiger partial charge is 0.455 e. The van der Waals surface area contributed by atoms with Gasteiger partial charge in [0.25, 0.3) is 5.91 Å². The number of carbonyl (C=O) groups is 2. The molecule has 0 spiro atoms. The van der Waals surface area contributed by atoms with Crippen molar-refractivity contribution in [1.82, 2.24) is 9.55 Å². The van der Waals surface area contributed by atoms with Crippen LogP contribution in [0.15, 0.2) is 78.0 Å². The van der Waals surface area contributed by atoms with Crippen molar-refractivity contribution in [1.29, 1.82) is 0 Å². The second kappa shape index (κ2) is 10.1. The Balaban J connectivity index is 1.25. The molecule has 0 radical (unpaired) electrons. The van der Waals surface area contributed by atoms with E-state index < -0.39 is 5.97 Å². The number of halogens is 1. The Kier molecular flexibility index (Phi) is 6.79. The number of thioether (sulfide) groups is 1. The minimum absolute atomic E-state index is 0.0395. The lowest BCUT2D eigenvalue weighted by molar-refractivity contribution is -0.145. The first kappa shape index (κ1) is 23.5. The van der Waals surface area contributed by atoms with Crippen molar-refractivity contribution in [2.24, 2.45) is 0 Å². The van der Waals surface area contributed by atoms with Gasteiger partial charge in [0.1, 0.15) is 0 Å². The van der Waals surface area contributed by atoms with Crippen molar-refractivity contribution in [2.45, 2.75) is 31.1 Å². The van der Waals surface area contributed by atoms with Crippen LogP contribution in [0, 0.1) is 0 Å². The van der Waals surface area contributed by atoms with Crippen LogP contribution in [-0.2, 0) is 27.3 Å². The van der Waals surface area contributed by atoms with E-state index >= 15 is 0 Å². The molecule has 0 saturated carbocycles. The molecular weight excluding hydrogens is 482 g/mol. The molecule has 1 atom stereocenters. The summed E-state index contributed by atoms with van der Waals surface area (Å²) >= 11 is 7.46. The maximum Gasteiger partial charge on any atom is 0.316 e. The van der Waals surface area contributed by atoms with Crippen LogP contribution in [0.5, 0.6) is 0 Å². The SMILES string of the molecule is CC1Cc2ccccc2N1C(=O)COC(=O)CSc1nc2cc(Cl)ccc2n1Cc1ccccc1. The number of nitrogens with zero attached hydrogens (tertiary/aromatic N) is 3. The van der Waals surface area contributed by atoms with Gasteiger partial charge in [-0.05, 0) is 48.7 Å². The van der Waals surface area contributed by atoms with Crippen LogP contribution < -0.4 is 4.90 Å². The quantitative estimate of drug-likeness (QED) is 0.250. The van der Waals surface area contributed by atoms with Gasteiger partial charge in [0.15, 0.2) is 11.8 Å². The molecule has 5 rings (SSSR count). The maximum atomic E-state index is 12.8. The monoisotopic (exact) mass is 505 g/mol. The maximum absolute atomic E-state index is 12.8. The van der Waals surface area contributed by atoms with Crippen LogP contribution in [-0.4, -0.2) is 39.8 Å². The number of carbonyl (C=O) groups excluding carboxylic acids is 2. The molecule has 35 heavy (non-hydrogen) atoms. The smallest absolute Gasteiger partial charge is 0.316 e. The summed E-state index contributed by atoms with van der Waals surface area (Å²) in [5.74, 6) is -0.628. The number of hydrogen-bond acceptors (Lipinski definition) is 5. The van der Waals surface area contributed by atoms with Gasteiger partial charge < -0.3 is 14.2 Å². The molecule has 178 valence electrons. The van der Waals surface area contributed by atoms with Gasteiger partial charge in [0.2, 0.25) is 0 Å². The summed E-state index contributed by atoms with van der Waals surface area (Å²) < 4.78 is 7.41. The highest BCUT2D eigenvalue weighted by atomic mass is 35.5. The Bertz CT molecular complexity index is 1390. The fraction of sp³-hybridized carbons (Fsp3) is 0.222. The number of anilines is 1. The van der Waals surface area contributed by atoms with Gasteiger partial charge in [-0.2, -0.15) is 0 Å². The Labute approximate surface area is 212 Å². The average molecular weight is 506 g/mol. The van der Waals surface area contributed by atoms with Gasteiger partial charge in [-0.25, -0.2) is 4.98 Å². The average Bonchev–Trinajstić information content (AvgIpc) is 3.37. The molecule has 4 aromatic rings. The topological polar surface area (TPSA) is 64.4 Å². The van der Waals surface area contributed by atoms with Gasteiger partial charge in [-0.3, -0.25) is 9.59 Å². The lowest BCUT2D eigenvalue weighted by Crippen LogP contribution is -2.38. The minimum Gasteiger partial charge on any atom is -0.455 e. The first-order valence-corrected chi connectivity index (χ1v) is 12.7. The number of aromatic nitrogens is 2. The molecular formula is C27H24ClN3O3S. The van der Waals surface area contributed by atoms with Gasteiger partial charge in [-0.15, -0.1) is 0 Å². The zero-order valence-corrected chi connectivity index (χ0v) is 20.8. The first-order chi connectivity index (χ1) is 17.0. The molecule has 0 N–H and O–H groups in total. The third-order valence-electron chi connectivity index (χ3n) is 6.01. The Morgan fingerprint density at radius 2 is 1.86 bits per heavy atom. The molecule has 1 unspecified atom stereocenters. The Morgan fingerprint density at radius 1 is 1.09 bits per heavy atom. The van der Waals surface area contributed by atoms with Crippen LogP contribution in [0.3, 0.4) is 0 Å². The lowest BCUT2D eigenvalue weighted by Gasteiger charge is -2.22. The van der Waals surface area contributed by atoms with Crippen LogP contribution >= 0.6 is 23.4 Å². The number of ether oxygens (including phenoxy) is 1. The van der Waals surface area contributed by atoms with Gasteiger partial charge in [-0.1, -0.05) is 71.9 Å². The molecule has 0 bridgehead atoms. The standard InChI is InChI=1S/C27H24ClN3O3S/c1-18-13-20-9-5-6-10-23(20)31(18)25(32)16-34-26(33)17-35-27-29-22-14-21(28)11-12-24(22)30(27)15-19-7-3-2-4-8-19/h2-12,14,18H,13,15-17H2,1H3. The summed E-state index contributed by atoms with van der Waals surface area (Å²) in [6.45, 7) is 2.33. The normalized spacial score (nSPS) is 14.8. The van der Waals surface area contributed by atoms with E-state index in [0.717, 1.165) is 34.3 Å². The van der Waals surface area contributed by atoms with E-state index in [1.807, 2.05) is 79.7 Å². The molecule has 6 nitrogen and oxygen atoms in total. The minimum atomic E-state index is -0.458. The van der Waals surface area contributed by atoms with E-state index in [9.17, 15) is 9.59 Å². The summed E-state index contributed by atoms with van der Waals surface area (Å²) in [6, 6.07) is 23.5. The molecule has 0 saturated heterocycles. The molecule has 8 heteroatoms. The van der Waals surface area contributed by atoms with Crippen molar-refractivity contribution in [3.05, 3.63) is 88.9 Å². The van der Waals surface area contributed by atoms with Gasteiger partial charge in [0.05, 0.1) is 23.3 Å². The fourth-order valence-corrected chi connectivity index (χ4v) is 5.41. The zero-order chi connectivity index (χ0) is 24.4. The van der Waals surface area contributed by atoms with Crippen molar-refractivity contribution in [3.8, 4) is 0 Å². The molecule has 1 aliphatic heterocycles. The summed E-state index contributed by atoms with van der Waals surface area (Å²) in [6.07, 6.45) is 0.799. The Hall–Kier alpha value is -3.29. The summed E-state index contributed by atoms with van der Waals surface area (Å²) in [5.41, 5.74) is 4.85. The molecule has 1 aromatic heterocycles. The number of para-hydroxylation sites is 1. The van der Waals surface area contributed by atoms with Crippen LogP contribution in [0.4, 0.5) is 5.69 Å². The number of benzene rings is 3. The number of esters is 1. The number of rotatable bonds is 7. The lowest BCUT2D eigenvalue weighted by atomic mass is 10.1. The summed E-state index contributed by atoms with van der Waals surface area (Å²) in [4.78, 5) is 31.8. The van der Waals surface area contributed by atoms with Crippen molar-refractivity contribution in [2.75, 3.05) is 17.3 Å². The number of hydrogen-bond donors (Lipinski definition) is 0. The van der Waals surface area contributed by atoms with Crippen molar-refractivity contribution >= 4 is 52.0 Å². The number of imidazole rings is 1. The molecule has 3 aromatic carbocycles. The molecule has 0 fully saturated rings. The summed E-state index contributed by atoms with van der Waals surface area (Å²) in [5, 5.41) is 1.30. The second-order valence-corrected chi connectivity index (χ2v) is 9.87. The van der Waals surface area contributed by atoms with Crippen molar-refractivity contribution in [3.63, 3.8) is 0 Å². The van der Waals surface area contributed by atoms with Crippen LogP contribution in [0.25, 0.3) is 11.0 Å². The van der Waals surface area contributed by atoms with Crippen LogP contribution in [0.1, 0.15) is 18.1 Å². The van der Waals surface area contributed by atoms with E-state index in [4.69, 9.17) is 21.3 Å². The number of amides is 1. The predicted molar refractivity (Wildman–Crippen MR) is 139 cm³/mol. The van der Waals surface area contributed by atoms with E-state index in [1.54, 1.807) is 4.90 Å². The number of fused-ring (bicyclic) bond motifs is 2. The molecule has 2 heterocycles. The van der Waals surface area contributed by atoms with E-state index in [-0.39, 0.29) is 24.3 Å². The highest BCUT2D eigenvalue weighted by molar-refractivity contribution is 7.99. The first-order valence-electron chi connectivity index (χ1n) is 11.4. The molecule has 0 aliphatic carbocycles. The third kappa shape index (κ3) is 5.06. The summed E-state index contributed by atoms with van der Waals surface area (Å²) in [7, 11) is 0. The van der Waals surface area contributed by atoms with E-state index in [1.165, 1.54) is 11.8 Å². The highest BCUT2D eigenvalue weighted by Crippen LogP contribution is 2.32. The highest BCUT2D eigenvalue weighted by Gasteiger charge is 2.31. The van der Waals surface area contributed by atoms with Crippen molar-refractivity contribution < 1.29 is 14.3 Å². The zero-order valence-electron chi connectivity index (χ0n) is 19.2. The Morgan fingerprint density at radius 3 is 2.69 bits per heavy atom. The third-order valence-corrected chi connectivity index (χ3v) is 7.20. The second-order valence-electron chi connectivity index (χ2n) is 8.49. The van der Waals surface area contributed by atoms with E-state index in [0.29, 0.717) is 16.7 Å². The van der Waals surface area contributed by atoms with Gasteiger partial charge >= 0.3 is 5.97 Å².